The van der Waals surface area contributed by atoms with Gasteiger partial charge in [-0.1, -0.05) is 26.0 Å². The molecule has 0 bridgehead atoms. The largest absolute Gasteiger partial charge is 0.497 e. The molecule has 2 rings (SSSR count). The van der Waals surface area contributed by atoms with Crippen LogP contribution in [0.5, 0.6) is 5.75 Å². The van der Waals surface area contributed by atoms with Crippen LogP contribution < -0.4 is 4.74 Å². The number of carbonyl (C=O) groups is 1. The molecule has 1 aromatic carbocycles. The van der Waals surface area contributed by atoms with E-state index in [2.05, 4.69) is 5.10 Å². The summed E-state index contributed by atoms with van der Waals surface area (Å²) >= 11 is 0. The monoisotopic (exact) mass is 330 g/mol. The Labute approximate surface area is 131 Å². The number of methoxy groups -OCH3 is 1. The van der Waals surface area contributed by atoms with Crippen LogP contribution in [0.2, 0.25) is 0 Å². The first-order chi connectivity index (χ1) is 10.6. The summed E-state index contributed by atoms with van der Waals surface area (Å²) in [5.41, 5.74) is -3.29. The lowest BCUT2D eigenvalue weighted by molar-refractivity contribution is -0.161. The Balaban J connectivity index is 2.51. The summed E-state index contributed by atoms with van der Waals surface area (Å²) in [6, 6.07) is 5.92. The van der Waals surface area contributed by atoms with Crippen molar-refractivity contribution in [3.8, 4) is 5.75 Å². The van der Waals surface area contributed by atoms with Crippen molar-refractivity contribution in [2.75, 3.05) is 7.11 Å². The summed E-state index contributed by atoms with van der Waals surface area (Å²) < 4.78 is 44.0. The number of rotatable bonds is 3. The van der Waals surface area contributed by atoms with E-state index in [0.717, 1.165) is 0 Å². The SMILES string of the molecule is COc1cccc([C@@]2(O)CC(C(F)(F)F)=NN2C(=O)C(C)C)c1. The van der Waals surface area contributed by atoms with Crippen molar-refractivity contribution in [1.82, 2.24) is 5.01 Å². The molecule has 0 saturated carbocycles. The van der Waals surface area contributed by atoms with Gasteiger partial charge >= 0.3 is 6.18 Å². The maximum atomic E-state index is 13.0. The zero-order valence-corrected chi connectivity index (χ0v) is 12.9. The van der Waals surface area contributed by atoms with Crippen molar-refractivity contribution in [1.29, 1.82) is 0 Å². The molecule has 23 heavy (non-hydrogen) atoms. The quantitative estimate of drug-likeness (QED) is 0.927. The molecule has 1 aliphatic heterocycles. The van der Waals surface area contributed by atoms with Crippen LogP contribution in [0.1, 0.15) is 25.8 Å². The van der Waals surface area contributed by atoms with Gasteiger partial charge in [0.1, 0.15) is 11.5 Å². The third-order valence-electron chi connectivity index (χ3n) is 3.55. The van der Waals surface area contributed by atoms with E-state index in [0.29, 0.717) is 10.8 Å². The number of benzene rings is 1. The maximum Gasteiger partial charge on any atom is 0.431 e. The van der Waals surface area contributed by atoms with Crippen molar-refractivity contribution in [3.05, 3.63) is 29.8 Å². The first kappa shape index (κ1) is 17.3. The molecule has 1 aromatic rings. The minimum atomic E-state index is -4.72. The van der Waals surface area contributed by atoms with E-state index >= 15 is 0 Å². The van der Waals surface area contributed by atoms with E-state index in [-0.39, 0.29) is 5.56 Å². The highest BCUT2D eigenvalue weighted by Crippen LogP contribution is 2.41. The highest BCUT2D eigenvalue weighted by molar-refractivity contribution is 5.94. The van der Waals surface area contributed by atoms with Crippen molar-refractivity contribution in [2.45, 2.75) is 32.2 Å². The summed E-state index contributed by atoms with van der Waals surface area (Å²) in [5, 5.41) is 14.7. The highest BCUT2D eigenvalue weighted by atomic mass is 19.4. The number of aliphatic hydroxyl groups is 1. The van der Waals surface area contributed by atoms with Crippen molar-refractivity contribution in [3.63, 3.8) is 0 Å². The smallest absolute Gasteiger partial charge is 0.431 e. The van der Waals surface area contributed by atoms with Crippen LogP contribution in [0.15, 0.2) is 29.4 Å². The Bertz CT molecular complexity index is 643. The van der Waals surface area contributed by atoms with Crippen molar-refractivity contribution < 1.29 is 27.8 Å². The number of halogens is 3. The number of hydrogen-bond donors (Lipinski definition) is 1. The van der Waals surface area contributed by atoms with E-state index in [1.165, 1.54) is 39.2 Å². The number of ether oxygens (including phenoxy) is 1. The van der Waals surface area contributed by atoms with Gasteiger partial charge in [0, 0.05) is 11.5 Å². The molecule has 0 radical (unpaired) electrons. The summed E-state index contributed by atoms with van der Waals surface area (Å²) in [6.07, 6.45) is -5.55. The van der Waals surface area contributed by atoms with E-state index in [4.69, 9.17) is 4.74 Å². The Morgan fingerprint density at radius 1 is 1.43 bits per heavy atom. The lowest BCUT2D eigenvalue weighted by Crippen LogP contribution is -2.45. The number of carbonyl (C=O) groups excluding carboxylic acids is 1. The standard InChI is InChI=1S/C15H17F3N2O3/c1-9(2)13(21)20-14(22,8-12(19-20)15(16,17)18)10-5-4-6-11(7-10)23-3/h4-7,9,22H,8H2,1-3H3/t14-/m0/s1. The second kappa shape index (κ2) is 5.84. The highest BCUT2D eigenvalue weighted by Gasteiger charge is 2.53. The Kier molecular flexibility index (Phi) is 4.39. The zero-order chi connectivity index (χ0) is 17.4. The fourth-order valence-corrected chi connectivity index (χ4v) is 2.28. The van der Waals surface area contributed by atoms with E-state index < -0.39 is 35.9 Å². The number of hydrogen-bond acceptors (Lipinski definition) is 4. The molecule has 0 unspecified atom stereocenters. The molecule has 0 aromatic heterocycles. The molecule has 0 aliphatic carbocycles. The van der Waals surface area contributed by atoms with Crippen LogP contribution >= 0.6 is 0 Å². The van der Waals surface area contributed by atoms with Crippen molar-refractivity contribution >= 4 is 11.6 Å². The topological polar surface area (TPSA) is 62.1 Å². The summed E-state index contributed by atoms with van der Waals surface area (Å²) in [5.74, 6) is -0.966. The van der Waals surface area contributed by atoms with Crippen LogP contribution in [-0.2, 0) is 10.5 Å². The van der Waals surface area contributed by atoms with Gasteiger partial charge in [0.15, 0.2) is 5.72 Å². The van der Waals surface area contributed by atoms with Gasteiger partial charge in [0.25, 0.3) is 0 Å². The van der Waals surface area contributed by atoms with Gasteiger partial charge in [-0.05, 0) is 12.1 Å². The third kappa shape index (κ3) is 3.17. The van der Waals surface area contributed by atoms with Gasteiger partial charge in [-0.2, -0.15) is 23.3 Å². The van der Waals surface area contributed by atoms with Gasteiger partial charge in [-0.25, -0.2) is 0 Å². The molecule has 0 fully saturated rings. The number of alkyl halides is 3. The third-order valence-corrected chi connectivity index (χ3v) is 3.55. The predicted molar refractivity (Wildman–Crippen MR) is 76.7 cm³/mol. The summed E-state index contributed by atoms with van der Waals surface area (Å²) in [4.78, 5) is 12.2. The first-order valence-electron chi connectivity index (χ1n) is 6.95. The van der Waals surface area contributed by atoms with Crippen LogP contribution in [0.4, 0.5) is 13.2 Å². The fraction of sp³-hybridized carbons (Fsp3) is 0.467. The molecular formula is C15H17F3N2O3. The van der Waals surface area contributed by atoms with E-state index in [1.54, 1.807) is 6.07 Å². The minimum absolute atomic E-state index is 0.105. The molecule has 126 valence electrons. The zero-order valence-electron chi connectivity index (χ0n) is 12.9. The minimum Gasteiger partial charge on any atom is -0.497 e. The summed E-state index contributed by atoms with van der Waals surface area (Å²) in [7, 11) is 1.40. The molecule has 1 N–H and O–H groups in total. The molecule has 1 heterocycles. The molecule has 0 spiro atoms. The van der Waals surface area contributed by atoms with Gasteiger partial charge in [0.05, 0.1) is 13.5 Å². The Morgan fingerprint density at radius 3 is 2.61 bits per heavy atom. The lowest BCUT2D eigenvalue weighted by atomic mass is 9.96. The number of nitrogens with zero attached hydrogens (tertiary/aromatic N) is 2. The Hall–Kier alpha value is -2.09. The molecule has 1 aliphatic rings. The molecule has 8 heteroatoms. The van der Waals surface area contributed by atoms with Gasteiger partial charge in [0.2, 0.25) is 5.91 Å². The molecule has 0 saturated heterocycles. The molecule has 1 atom stereocenters. The van der Waals surface area contributed by atoms with Crippen molar-refractivity contribution in [2.24, 2.45) is 11.0 Å². The van der Waals surface area contributed by atoms with Crippen LogP contribution in [0.3, 0.4) is 0 Å². The average Bonchev–Trinajstić information content (AvgIpc) is 2.85. The van der Waals surface area contributed by atoms with Gasteiger partial charge in [-0.3, -0.25) is 4.79 Å². The number of amides is 1. The predicted octanol–water partition coefficient (Wildman–Crippen LogP) is 2.65. The summed E-state index contributed by atoms with van der Waals surface area (Å²) in [6.45, 7) is 3.05. The first-order valence-corrected chi connectivity index (χ1v) is 6.95. The number of hydrazone groups is 1. The van der Waals surface area contributed by atoms with Crippen LogP contribution in [0.25, 0.3) is 0 Å². The van der Waals surface area contributed by atoms with Gasteiger partial charge < -0.3 is 9.84 Å². The fourth-order valence-electron chi connectivity index (χ4n) is 2.28. The average molecular weight is 330 g/mol. The van der Waals surface area contributed by atoms with Crippen LogP contribution in [0, 0.1) is 5.92 Å². The van der Waals surface area contributed by atoms with E-state index in [1.807, 2.05) is 0 Å². The molecule has 5 nitrogen and oxygen atoms in total. The molecule has 1 amide bonds. The second-order valence-electron chi connectivity index (χ2n) is 5.57. The normalized spacial score (nSPS) is 21.6. The lowest BCUT2D eigenvalue weighted by Gasteiger charge is -2.32. The molecular weight excluding hydrogens is 313 g/mol. The Morgan fingerprint density at radius 2 is 2.09 bits per heavy atom. The van der Waals surface area contributed by atoms with E-state index in [9.17, 15) is 23.1 Å². The van der Waals surface area contributed by atoms with Gasteiger partial charge in [-0.15, -0.1) is 0 Å². The maximum absolute atomic E-state index is 13.0. The second-order valence-corrected chi connectivity index (χ2v) is 5.57. The van der Waals surface area contributed by atoms with Crippen LogP contribution in [-0.4, -0.2) is 35.0 Å².